The number of aliphatic hydroxyl groups is 1. The maximum absolute atomic E-state index is 12.6. The molecule has 1 saturated heterocycles. The van der Waals surface area contributed by atoms with Crippen LogP contribution in [0.4, 0.5) is 0 Å². The maximum atomic E-state index is 12.6. The Morgan fingerprint density at radius 1 is 1.19 bits per heavy atom. The van der Waals surface area contributed by atoms with E-state index in [1.165, 1.54) is 17.5 Å². The summed E-state index contributed by atoms with van der Waals surface area (Å²) < 4.78 is 0. The molecule has 1 N–H and O–H groups in total. The molecule has 4 heteroatoms. The largest absolute Gasteiger partial charge is 0.392 e. The lowest BCUT2D eigenvalue weighted by Gasteiger charge is -2.35. The van der Waals surface area contributed by atoms with Crippen LogP contribution in [0.1, 0.15) is 51.2 Å². The van der Waals surface area contributed by atoms with Gasteiger partial charge < -0.3 is 10.0 Å². The Morgan fingerprint density at radius 2 is 1.81 bits per heavy atom. The van der Waals surface area contributed by atoms with E-state index in [0.717, 1.165) is 38.3 Å². The minimum atomic E-state index is -0.405. The summed E-state index contributed by atoms with van der Waals surface area (Å²) >= 11 is 0. The molecular weight excluding hydrogens is 324 g/mol. The standard InChI is InChI=1S/C22H36N2O2/c1-17(2)24(15-19(4)25)16-22(26)23-13-11-21(12-14-23)10-9-20-7-5-18(3)6-8-20/h5-8,17,19,21,25H,9-16H2,1-4H3. The lowest BCUT2D eigenvalue weighted by atomic mass is 9.90. The second-order valence-corrected chi connectivity index (χ2v) is 8.22. The predicted octanol–water partition coefficient (Wildman–Crippen LogP) is 3.26. The van der Waals surface area contributed by atoms with Crippen molar-refractivity contribution >= 4 is 5.91 Å². The highest BCUT2D eigenvalue weighted by atomic mass is 16.3. The van der Waals surface area contributed by atoms with Gasteiger partial charge in [0.05, 0.1) is 12.6 Å². The average molecular weight is 361 g/mol. The van der Waals surface area contributed by atoms with E-state index in [1.54, 1.807) is 6.92 Å². The molecule has 1 aliphatic heterocycles. The minimum absolute atomic E-state index is 0.205. The number of benzene rings is 1. The molecule has 2 rings (SSSR count). The highest BCUT2D eigenvalue weighted by Gasteiger charge is 2.25. The van der Waals surface area contributed by atoms with Crippen LogP contribution < -0.4 is 0 Å². The first-order chi connectivity index (χ1) is 12.3. The maximum Gasteiger partial charge on any atom is 0.236 e. The zero-order valence-corrected chi connectivity index (χ0v) is 16.9. The third-order valence-electron chi connectivity index (χ3n) is 5.50. The van der Waals surface area contributed by atoms with Gasteiger partial charge in [-0.2, -0.15) is 0 Å². The number of hydrogen-bond acceptors (Lipinski definition) is 3. The second-order valence-electron chi connectivity index (χ2n) is 8.22. The summed E-state index contributed by atoms with van der Waals surface area (Å²) in [4.78, 5) is 16.7. The minimum Gasteiger partial charge on any atom is -0.392 e. The molecule has 1 atom stereocenters. The van der Waals surface area contributed by atoms with Gasteiger partial charge in [0.25, 0.3) is 0 Å². The molecule has 1 heterocycles. The number of aryl methyl sites for hydroxylation is 2. The molecule has 4 nitrogen and oxygen atoms in total. The lowest BCUT2D eigenvalue weighted by Crippen LogP contribution is -2.47. The van der Waals surface area contributed by atoms with Crippen molar-refractivity contribution in [2.24, 2.45) is 5.92 Å². The van der Waals surface area contributed by atoms with Crippen LogP contribution in [0.5, 0.6) is 0 Å². The van der Waals surface area contributed by atoms with Crippen LogP contribution in [0.25, 0.3) is 0 Å². The van der Waals surface area contributed by atoms with Crippen LogP contribution in [0.3, 0.4) is 0 Å². The van der Waals surface area contributed by atoms with Crippen molar-refractivity contribution in [3.63, 3.8) is 0 Å². The number of nitrogens with zero attached hydrogens (tertiary/aromatic N) is 2. The van der Waals surface area contributed by atoms with Gasteiger partial charge in [0.2, 0.25) is 5.91 Å². The van der Waals surface area contributed by atoms with Crippen molar-refractivity contribution in [3.05, 3.63) is 35.4 Å². The Morgan fingerprint density at radius 3 is 2.35 bits per heavy atom. The molecule has 0 spiro atoms. The molecule has 26 heavy (non-hydrogen) atoms. The SMILES string of the molecule is Cc1ccc(CCC2CCN(C(=O)CN(CC(C)O)C(C)C)CC2)cc1. The number of carbonyl (C=O) groups excluding carboxylic acids is 1. The third-order valence-corrected chi connectivity index (χ3v) is 5.50. The first kappa shape index (κ1) is 20.9. The summed E-state index contributed by atoms with van der Waals surface area (Å²) in [5.74, 6) is 0.926. The summed E-state index contributed by atoms with van der Waals surface area (Å²) in [6, 6.07) is 9.10. The molecule has 0 saturated carbocycles. The van der Waals surface area contributed by atoms with Crippen LogP contribution >= 0.6 is 0 Å². The first-order valence-electron chi connectivity index (χ1n) is 10.1. The van der Waals surface area contributed by atoms with E-state index in [9.17, 15) is 9.90 Å². The summed E-state index contributed by atoms with van der Waals surface area (Å²) in [7, 11) is 0. The molecule has 1 aliphatic rings. The number of likely N-dealkylation sites (tertiary alicyclic amines) is 1. The third kappa shape index (κ3) is 6.73. The van der Waals surface area contributed by atoms with E-state index < -0.39 is 6.10 Å². The van der Waals surface area contributed by atoms with Crippen molar-refractivity contribution in [1.29, 1.82) is 0 Å². The van der Waals surface area contributed by atoms with Crippen LogP contribution in [0.15, 0.2) is 24.3 Å². The van der Waals surface area contributed by atoms with Crippen molar-refractivity contribution in [3.8, 4) is 0 Å². The van der Waals surface area contributed by atoms with Crippen molar-refractivity contribution < 1.29 is 9.90 Å². The zero-order chi connectivity index (χ0) is 19.1. The fourth-order valence-corrected chi connectivity index (χ4v) is 3.67. The van der Waals surface area contributed by atoms with Gasteiger partial charge in [0, 0.05) is 25.7 Å². The zero-order valence-electron chi connectivity index (χ0n) is 16.9. The molecule has 0 radical (unpaired) electrons. The van der Waals surface area contributed by atoms with Crippen molar-refractivity contribution in [2.45, 2.75) is 65.5 Å². The summed E-state index contributed by atoms with van der Waals surface area (Å²) in [6.45, 7) is 10.8. The lowest BCUT2D eigenvalue weighted by molar-refractivity contribution is -0.134. The molecule has 0 aromatic heterocycles. The Balaban J connectivity index is 1.74. The van der Waals surface area contributed by atoms with Crippen LogP contribution in [0, 0.1) is 12.8 Å². The topological polar surface area (TPSA) is 43.8 Å². The monoisotopic (exact) mass is 360 g/mol. The predicted molar refractivity (Wildman–Crippen MR) is 107 cm³/mol. The summed E-state index contributed by atoms with van der Waals surface area (Å²) in [5.41, 5.74) is 2.73. The highest BCUT2D eigenvalue weighted by Crippen LogP contribution is 2.23. The van der Waals surface area contributed by atoms with E-state index in [2.05, 4.69) is 49.9 Å². The Labute approximate surface area is 159 Å². The van der Waals surface area contributed by atoms with Gasteiger partial charge in [-0.15, -0.1) is 0 Å². The van der Waals surface area contributed by atoms with E-state index in [4.69, 9.17) is 0 Å². The van der Waals surface area contributed by atoms with Crippen LogP contribution in [-0.4, -0.2) is 59.1 Å². The number of hydrogen-bond donors (Lipinski definition) is 1. The number of piperidine rings is 1. The van der Waals surface area contributed by atoms with Gasteiger partial charge >= 0.3 is 0 Å². The van der Waals surface area contributed by atoms with E-state index in [0.29, 0.717) is 13.1 Å². The number of carbonyl (C=O) groups is 1. The van der Waals surface area contributed by atoms with Gasteiger partial charge in [-0.3, -0.25) is 9.69 Å². The number of amides is 1. The van der Waals surface area contributed by atoms with Gasteiger partial charge in [-0.1, -0.05) is 29.8 Å². The Kier molecular flexibility index (Phi) is 8.11. The molecule has 1 aromatic carbocycles. The average Bonchev–Trinajstić information content (AvgIpc) is 2.60. The van der Waals surface area contributed by atoms with Gasteiger partial charge in [-0.25, -0.2) is 0 Å². The van der Waals surface area contributed by atoms with Gasteiger partial charge in [0.15, 0.2) is 0 Å². The van der Waals surface area contributed by atoms with Crippen molar-refractivity contribution in [2.75, 3.05) is 26.2 Å². The molecule has 1 unspecified atom stereocenters. The molecular formula is C22H36N2O2. The van der Waals surface area contributed by atoms with Crippen molar-refractivity contribution in [1.82, 2.24) is 9.80 Å². The fraction of sp³-hybridized carbons (Fsp3) is 0.682. The molecule has 1 aromatic rings. The van der Waals surface area contributed by atoms with E-state index in [-0.39, 0.29) is 11.9 Å². The molecule has 1 amide bonds. The summed E-state index contributed by atoms with van der Waals surface area (Å²) in [6.07, 6.45) is 4.16. The van der Waals surface area contributed by atoms with Crippen LogP contribution in [-0.2, 0) is 11.2 Å². The Bertz CT molecular complexity index is 546. The number of aliphatic hydroxyl groups excluding tert-OH is 1. The molecule has 146 valence electrons. The number of rotatable bonds is 8. The normalized spacial score (nSPS) is 17.1. The first-order valence-corrected chi connectivity index (χ1v) is 10.1. The molecule has 0 aliphatic carbocycles. The van der Waals surface area contributed by atoms with Gasteiger partial charge in [-0.05, 0) is 64.9 Å². The van der Waals surface area contributed by atoms with E-state index >= 15 is 0 Å². The van der Waals surface area contributed by atoms with E-state index in [1.807, 2.05) is 4.90 Å². The summed E-state index contributed by atoms with van der Waals surface area (Å²) in [5, 5.41) is 9.63. The molecule has 1 fully saturated rings. The quantitative estimate of drug-likeness (QED) is 0.774. The second kappa shape index (κ2) is 10.1. The highest BCUT2D eigenvalue weighted by molar-refractivity contribution is 5.78. The smallest absolute Gasteiger partial charge is 0.236 e. The Hall–Kier alpha value is -1.39. The molecule has 0 bridgehead atoms. The van der Waals surface area contributed by atoms with Gasteiger partial charge in [0.1, 0.15) is 0 Å². The fourth-order valence-electron chi connectivity index (χ4n) is 3.67. The van der Waals surface area contributed by atoms with Crippen LogP contribution in [0.2, 0.25) is 0 Å².